The molecule has 0 radical (unpaired) electrons. The van der Waals surface area contributed by atoms with Crippen molar-refractivity contribution >= 4 is 23.8 Å². The molecule has 324 valence electrons. The molecule has 2 aliphatic rings. The Bertz CT molecular complexity index is 2060. The Kier molecular flexibility index (Phi) is 15.2. The third-order valence-corrected chi connectivity index (χ3v) is 10.9. The number of hydrogen-bond acceptors (Lipinski definition) is 13. The second-order valence-electron chi connectivity index (χ2n) is 15.7. The molecule has 0 spiro atoms. The van der Waals surface area contributed by atoms with Gasteiger partial charge < -0.3 is 30.0 Å². The van der Waals surface area contributed by atoms with E-state index in [9.17, 15) is 14.7 Å². The van der Waals surface area contributed by atoms with Gasteiger partial charge in [-0.05, 0) is 124 Å². The van der Waals surface area contributed by atoms with E-state index in [1.165, 1.54) is 73.9 Å². The van der Waals surface area contributed by atoms with Crippen molar-refractivity contribution in [2.24, 2.45) is 14.1 Å². The number of aryl methyl sites for hydroxylation is 2. The van der Waals surface area contributed by atoms with E-state index < -0.39 is 18.0 Å². The Hall–Kier alpha value is -6.00. The number of piperidine rings is 2. The van der Waals surface area contributed by atoms with E-state index in [-0.39, 0.29) is 22.8 Å². The van der Waals surface area contributed by atoms with Crippen molar-refractivity contribution in [2.75, 3.05) is 63.1 Å². The van der Waals surface area contributed by atoms with Crippen LogP contribution in [0.1, 0.15) is 101 Å². The normalized spacial score (nSPS) is 14.8. The van der Waals surface area contributed by atoms with E-state index in [0.29, 0.717) is 51.0 Å². The molecule has 7 rings (SSSR count). The highest BCUT2D eigenvalue weighted by Crippen LogP contribution is 2.26. The van der Waals surface area contributed by atoms with Gasteiger partial charge in [-0.25, -0.2) is 19.0 Å². The molecular weight excluding hydrogens is 777 g/mol. The molecule has 0 unspecified atom stereocenters. The van der Waals surface area contributed by atoms with E-state index in [0.717, 1.165) is 50.8 Å². The van der Waals surface area contributed by atoms with Crippen LogP contribution in [0.25, 0.3) is 0 Å². The molecule has 0 bridgehead atoms. The number of nitrogens with one attached hydrogen (secondary N) is 2. The SMILES string of the molecule is Cn1nc(C(OC(=O)c2ccc(C(=O)O)cc2)c2nc(NCCCOc3cccc(CN4CCCCC4)c3)n(C)n2)nc1NCCCOc1cccc(CN2CCCCC2)c1. The van der Waals surface area contributed by atoms with Gasteiger partial charge in [-0.2, -0.15) is 20.2 Å². The number of carboxylic acids is 1. The topological polar surface area (TPSA) is 174 Å². The predicted octanol–water partition coefficient (Wildman–Crippen LogP) is 6.32. The van der Waals surface area contributed by atoms with Crippen molar-refractivity contribution in [1.82, 2.24) is 39.3 Å². The van der Waals surface area contributed by atoms with Crippen LogP contribution < -0.4 is 20.1 Å². The molecule has 3 N–H and O–H groups in total. The molecule has 4 heterocycles. The van der Waals surface area contributed by atoms with Crippen molar-refractivity contribution in [3.63, 3.8) is 0 Å². The van der Waals surface area contributed by atoms with Gasteiger partial charge in [0.15, 0.2) is 0 Å². The number of hydrogen-bond donors (Lipinski definition) is 3. The zero-order chi connectivity index (χ0) is 42.4. The van der Waals surface area contributed by atoms with Gasteiger partial charge in [-0.3, -0.25) is 9.80 Å². The first kappa shape index (κ1) is 43.1. The average molecular weight is 835 g/mol. The van der Waals surface area contributed by atoms with Crippen LogP contribution in [0.15, 0.2) is 72.8 Å². The molecule has 0 saturated carbocycles. The minimum atomic E-state index is -1.17. The summed E-state index contributed by atoms with van der Waals surface area (Å²) in [5, 5.41) is 25.2. The van der Waals surface area contributed by atoms with Gasteiger partial charge in [0.1, 0.15) is 11.5 Å². The van der Waals surface area contributed by atoms with Gasteiger partial charge in [0.25, 0.3) is 0 Å². The standard InChI is InChI=1S/C45H58N10O6/c1-52-44(46-21-11-27-59-37-15-9-13-33(29-37)31-54-23-5-3-6-24-54)48-40(50-52)39(61-43(58)36-19-17-35(18-20-36)42(56)57)41-49-45(53(2)51-41)47-22-12-28-60-38-16-10-14-34(30-38)32-55-25-7-4-8-26-55/h9-10,13-20,29-30,39H,3-8,11-12,21-28,31-32H2,1-2H3,(H,56,57)(H,46,48,50)(H,47,49,51). The molecule has 2 aliphatic heterocycles. The molecule has 61 heavy (non-hydrogen) atoms. The highest BCUT2D eigenvalue weighted by atomic mass is 16.5. The molecule has 2 aromatic heterocycles. The second-order valence-corrected chi connectivity index (χ2v) is 15.7. The molecule has 5 aromatic rings. The quantitative estimate of drug-likeness (QED) is 0.0553. The van der Waals surface area contributed by atoms with Crippen LogP contribution in [0, 0.1) is 0 Å². The monoisotopic (exact) mass is 834 g/mol. The highest BCUT2D eigenvalue weighted by molar-refractivity contribution is 5.92. The van der Waals surface area contributed by atoms with E-state index in [2.05, 4.69) is 54.9 Å². The molecule has 0 atom stereocenters. The lowest BCUT2D eigenvalue weighted by Crippen LogP contribution is -2.29. The number of esters is 1. The summed E-state index contributed by atoms with van der Waals surface area (Å²) >= 11 is 0. The number of rotatable bonds is 21. The highest BCUT2D eigenvalue weighted by Gasteiger charge is 2.30. The fourth-order valence-corrected chi connectivity index (χ4v) is 7.63. The van der Waals surface area contributed by atoms with Gasteiger partial charge in [0, 0.05) is 40.3 Å². The summed E-state index contributed by atoms with van der Waals surface area (Å²) in [6, 6.07) is 22.1. The summed E-state index contributed by atoms with van der Waals surface area (Å²) in [5.74, 6) is 1.19. The van der Waals surface area contributed by atoms with E-state index in [1.54, 1.807) is 23.5 Å². The van der Waals surface area contributed by atoms with Crippen LogP contribution in [0.3, 0.4) is 0 Å². The number of carbonyl (C=O) groups is 2. The van der Waals surface area contributed by atoms with Crippen LogP contribution in [0.2, 0.25) is 0 Å². The molecule has 0 amide bonds. The summed E-state index contributed by atoms with van der Waals surface area (Å²) < 4.78 is 21.3. The first-order chi connectivity index (χ1) is 29.8. The fraction of sp³-hybridized carbons (Fsp3) is 0.467. The molecule has 0 aliphatic carbocycles. The number of carboxylic acid groups (broad SMARTS) is 1. The Morgan fingerprint density at radius 3 is 1.57 bits per heavy atom. The summed E-state index contributed by atoms with van der Waals surface area (Å²) in [4.78, 5) is 39.3. The van der Waals surface area contributed by atoms with Crippen LogP contribution in [0.4, 0.5) is 11.9 Å². The lowest BCUT2D eigenvalue weighted by molar-refractivity contribution is 0.0345. The zero-order valence-electron chi connectivity index (χ0n) is 35.3. The number of nitrogens with zero attached hydrogens (tertiary/aromatic N) is 8. The number of likely N-dealkylation sites (tertiary alicyclic amines) is 2. The van der Waals surface area contributed by atoms with Gasteiger partial charge >= 0.3 is 11.9 Å². The molecule has 3 aromatic carbocycles. The zero-order valence-corrected chi connectivity index (χ0v) is 35.3. The van der Waals surface area contributed by atoms with Crippen LogP contribution in [0.5, 0.6) is 11.5 Å². The van der Waals surface area contributed by atoms with Crippen LogP contribution >= 0.6 is 0 Å². The van der Waals surface area contributed by atoms with E-state index in [4.69, 9.17) is 24.2 Å². The smallest absolute Gasteiger partial charge is 0.339 e. The number of aromatic nitrogens is 6. The Labute approximate surface area is 357 Å². The molecule has 16 heteroatoms. The number of carbonyl (C=O) groups excluding carboxylic acids is 1. The van der Waals surface area contributed by atoms with Crippen molar-refractivity contribution < 1.29 is 28.9 Å². The first-order valence-electron chi connectivity index (χ1n) is 21.5. The number of anilines is 2. The maximum Gasteiger partial charge on any atom is 0.339 e. The fourth-order valence-electron chi connectivity index (χ4n) is 7.63. The van der Waals surface area contributed by atoms with Crippen LogP contribution in [-0.2, 0) is 31.9 Å². The lowest BCUT2D eigenvalue weighted by Gasteiger charge is -2.26. The third kappa shape index (κ3) is 12.5. The Balaban J connectivity index is 0.948. The van der Waals surface area contributed by atoms with Crippen molar-refractivity contribution in [2.45, 2.75) is 70.6 Å². The lowest BCUT2D eigenvalue weighted by atomic mass is 10.1. The maximum atomic E-state index is 13.5. The van der Waals surface area contributed by atoms with Gasteiger partial charge in [-0.1, -0.05) is 37.1 Å². The minimum Gasteiger partial charge on any atom is -0.494 e. The minimum absolute atomic E-state index is 0.0517. The van der Waals surface area contributed by atoms with Gasteiger partial charge in [0.2, 0.25) is 29.6 Å². The molecule has 16 nitrogen and oxygen atoms in total. The van der Waals surface area contributed by atoms with E-state index in [1.807, 2.05) is 24.3 Å². The molecular formula is C45H58N10O6. The number of benzene rings is 3. The summed E-state index contributed by atoms with van der Waals surface area (Å²) in [7, 11) is 3.50. The van der Waals surface area contributed by atoms with Gasteiger partial charge in [-0.15, -0.1) is 0 Å². The van der Waals surface area contributed by atoms with Crippen LogP contribution in [-0.4, -0.2) is 109 Å². The third-order valence-electron chi connectivity index (χ3n) is 10.9. The van der Waals surface area contributed by atoms with E-state index >= 15 is 0 Å². The first-order valence-corrected chi connectivity index (χ1v) is 21.5. The number of ether oxygens (including phenoxy) is 3. The largest absolute Gasteiger partial charge is 0.494 e. The maximum absolute atomic E-state index is 13.5. The summed E-state index contributed by atoms with van der Waals surface area (Å²) in [5.41, 5.74) is 2.72. The number of aromatic carboxylic acids is 1. The van der Waals surface area contributed by atoms with Gasteiger partial charge in [0.05, 0.1) is 24.3 Å². The molecule has 2 fully saturated rings. The molecule has 2 saturated heterocycles. The second kappa shape index (κ2) is 21.5. The van der Waals surface area contributed by atoms with Crippen molar-refractivity contribution in [3.05, 3.63) is 107 Å². The predicted molar refractivity (Wildman–Crippen MR) is 231 cm³/mol. The summed E-state index contributed by atoms with van der Waals surface area (Å²) in [6.07, 6.45) is 7.92. The van der Waals surface area contributed by atoms with Crippen molar-refractivity contribution in [3.8, 4) is 11.5 Å². The van der Waals surface area contributed by atoms with Crippen molar-refractivity contribution in [1.29, 1.82) is 0 Å². The average Bonchev–Trinajstić information content (AvgIpc) is 3.83. The Morgan fingerprint density at radius 2 is 1.11 bits per heavy atom. The summed E-state index contributed by atoms with van der Waals surface area (Å²) in [6.45, 7) is 8.61. The Morgan fingerprint density at radius 1 is 0.656 bits per heavy atom.